The molecule has 2 rings (SSSR count). The van der Waals surface area contributed by atoms with E-state index in [0.717, 1.165) is 34.8 Å². The lowest BCUT2D eigenvalue weighted by molar-refractivity contribution is 1.09. The van der Waals surface area contributed by atoms with Gasteiger partial charge in [0.1, 0.15) is 0 Å². The van der Waals surface area contributed by atoms with Crippen molar-refractivity contribution in [3.8, 4) is 0 Å². The van der Waals surface area contributed by atoms with Crippen LogP contribution >= 0.6 is 0 Å². The summed E-state index contributed by atoms with van der Waals surface area (Å²) < 4.78 is 0. The third kappa shape index (κ3) is 5.57. The maximum absolute atomic E-state index is 4.60. The smallest absolute Gasteiger partial charge is 0.151 e. The zero-order chi connectivity index (χ0) is 18.1. The molecule has 1 aromatic heterocycles. The fourth-order valence-corrected chi connectivity index (χ4v) is 2.17. The number of nitrogens with zero attached hydrogens (tertiary/aromatic N) is 3. The summed E-state index contributed by atoms with van der Waals surface area (Å²) in [6.45, 7) is 8.05. The Kier molecular flexibility index (Phi) is 6.89. The molecule has 2 N–H and O–H groups in total. The summed E-state index contributed by atoms with van der Waals surface area (Å²) in [5.74, 6) is 0.723. The first-order valence-corrected chi connectivity index (χ1v) is 8.39. The highest BCUT2D eigenvalue weighted by atomic mass is 15.1. The predicted octanol–water partition coefficient (Wildman–Crippen LogP) is 4.97. The topological polar surface area (TPSA) is 65.4 Å². The number of anilines is 1. The molecule has 0 saturated heterocycles. The Labute approximate surface area is 149 Å². The molecule has 0 amide bonds. The summed E-state index contributed by atoms with van der Waals surface area (Å²) in [6, 6.07) is 8.20. The predicted molar refractivity (Wildman–Crippen MR) is 107 cm³/mol. The molecule has 0 unspecified atom stereocenters. The molecule has 5 nitrogen and oxygen atoms in total. The second kappa shape index (κ2) is 9.37. The van der Waals surface area contributed by atoms with E-state index in [1.807, 2.05) is 44.5 Å². The number of aromatic amines is 1. The van der Waals surface area contributed by atoms with Gasteiger partial charge in [-0.1, -0.05) is 30.7 Å². The van der Waals surface area contributed by atoms with Crippen molar-refractivity contribution in [2.24, 2.45) is 9.98 Å². The molecule has 0 aliphatic rings. The Morgan fingerprint density at radius 2 is 2.00 bits per heavy atom. The molecule has 1 aromatic carbocycles. The number of nitrogens with one attached hydrogen (secondary N) is 2. The molecule has 0 radical (unpaired) electrons. The normalized spacial score (nSPS) is 13.5. The molecular formula is C20H25N5. The fraction of sp³-hybridized carbons (Fsp3) is 0.250. The summed E-state index contributed by atoms with van der Waals surface area (Å²) in [4.78, 5) is 9.08. The van der Waals surface area contributed by atoms with E-state index in [1.165, 1.54) is 5.56 Å². The van der Waals surface area contributed by atoms with Crippen LogP contribution in [-0.2, 0) is 0 Å². The lowest BCUT2D eigenvalue weighted by Gasteiger charge is -2.09. The van der Waals surface area contributed by atoms with Crippen molar-refractivity contribution in [3.05, 3.63) is 66.3 Å². The van der Waals surface area contributed by atoms with Crippen molar-refractivity contribution in [2.75, 3.05) is 5.32 Å². The number of H-pyrrole nitrogens is 1. The van der Waals surface area contributed by atoms with Crippen molar-refractivity contribution in [1.82, 2.24) is 10.2 Å². The molecule has 5 heteroatoms. The molecule has 0 saturated carbocycles. The van der Waals surface area contributed by atoms with Crippen LogP contribution < -0.4 is 5.32 Å². The largest absolute Gasteiger partial charge is 0.339 e. The highest BCUT2D eigenvalue weighted by molar-refractivity contribution is 6.45. The molecule has 2 aromatic rings. The SMILES string of the molecule is C/C=C\N=C(Nc1ccc(C)cc1)C(C)=N/C=C(\CC)c1cn[nH]c1. The Bertz CT molecular complexity index is 778. The summed E-state index contributed by atoms with van der Waals surface area (Å²) in [5.41, 5.74) is 5.19. The average molecular weight is 335 g/mol. The average Bonchev–Trinajstić information content (AvgIpc) is 3.15. The van der Waals surface area contributed by atoms with Crippen molar-refractivity contribution in [1.29, 1.82) is 0 Å². The number of benzene rings is 1. The van der Waals surface area contributed by atoms with E-state index >= 15 is 0 Å². The number of rotatable bonds is 6. The van der Waals surface area contributed by atoms with Crippen LogP contribution in [0, 0.1) is 6.92 Å². The van der Waals surface area contributed by atoms with Crippen LogP contribution in [-0.4, -0.2) is 21.7 Å². The van der Waals surface area contributed by atoms with E-state index in [4.69, 9.17) is 0 Å². The molecule has 0 spiro atoms. The molecule has 1 heterocycles. The minimum atomic E-state index is 0.723. The second-order valence-electron chi connectivity index (χ2n) is 5.66. The molecule has 0 atom stereocenters. The van der Waals surface area contributed by atoms with Crippen molar-refractivity contribution in [2.45, 2.75) is 34.1 Å². The van der Waals surface area contributed by atoms with E-state index in [1.54, 1.807) is 12.4 Å². The number of allylic oxidation sites excluding steroid dienone is 2. The van der Waals surface area contributed by atoms with Crippen LogP contribution in [0.25, 0.3) is 5.57 Å². The molecule has 0 bridgehead atoms. The Morgan fingerprint density at radius 3 is 2.60 bits per heavy atom. The van der Waals surface area contributed by atoms with Gasteiger partial charge in [0, 0.05) is 29.8 Å². The maximum atomic E-state index is 4.60. The molecule has 0 aliphatic carbocycles. The van der Waals surface area contributed by atoms with Gasteiger partial charge in [0.25, 0.3) is 0 Å². The first kappa shape index (κ1) is 18.4. The third-order valence-corrected chi connectivity index (χ3v) is 3.67. The Balaban J connectivity index is 2.25. The minimum Gasteiger partial charge on any atom is -0.339 e. The van der Waals surface area contributed by atoms with Crippen LogP contribution in [0.2, 0.25) is 0 Å². The van der Waals surface area contributed by atoms with Crippen molar-refractivity contribution < 1.29 is 0 Å². The standard InChI is InChI=1S/C20H25N5/c1-5-11-21-20(25-19-9-7-15(3)8-10-19)16(4)22-12-17(6-2)18-13-23-24-14-18/h5,7-14H,6H2,1-4H3,(H,21,25)(H,23,24)/b11-5-,17-12+,22-16?. The molecule has 25 heavy (non-hydrogen) atoms. The van der Waals surface area contributed by atoms with Gasteiger partial charge in [-0.25, -0.2) is 4.99 Å². The van der Waals surface area contributed by atoms with Gasteiger partial charge in [0.05, 0.1) is 11.9 Å². The zero-order valence-corrected chi connectivity index (χ0v) is 15.2. The van der Waals surface area contributed by atoms with Gasteiger partial charge < -0.3 is 5.32 Å². The van der Waals surface area contributed by atoms with E-state index in [0.29, 0.717) is 0 Å². The zero-order valence-electron chi connectivity index (χ0n) is 15.2. The summed E-state index contributed by atoms with van der Waals surface area (Å²) in [7, 11) is 0. The van der Waals surface area contributed by atoms with Crippen molar-refractivity contribution in [3.63, 3.8) is 0 Å². The summed E-state index contributed by atoms with van der Waals surface area (Å²) in [6.07, 6.45) is 10.1. The van der Waals surface area contributed by atoms with Crippen molar-refractivity contribution >= 4 is 22.8 Å². The highest BCUT2D eigenvalue weighted by Crippen LogP contribution is 2.16. The van der Waals surface area contributed by atoms with E-state index < -0.39 is 0 Å². The minimum absolute atomic E-state index is 0.723. The van der Waals surface area contributed by atoms with Crippen LogP contribution in [0.15, 0.2) is 65.1 Å². The van der Waals surface area contributed by atoms with E-state index in [2.05, 4.69) is 51.5 Å². The van der Waals surface area contributed by atoms with Gasteiger partial charge in [0.2, 0.25) is 0 Å². The number of hydrogen-bond donors (Lipinski definition) is 2. The van der Waals surface area contributed by atoms with E-state index in [9.17, 15) is 0 Å². The number of aliphatic imine (C=N–C) groups is 2. The molecular weight excluding hydrogens is 310 g/mol. The third-order valence-electron chi connectivity index (χ3n) is 3.67. The summed E-state index contributed by atoms with van der Waals surface area (Å²) in [5, 5.41) is 10.2. The van der Waals surface area contributed by atoms with Gasteiger partial charge in [-0.2, -0.15) is 5.10 Å². The van der Waals surface area contributed by atoms with Gasteiger partial charge in [-0.3, -0.25) is 10.1 Å². The van der Waals surface area contributed by atoms with Crippen LogP contribution in [0.5, 0.6) is 0 Å². The molecule has 0 fully saturated rings. The number of aromatic nitrogens is 2. The first-order chi connectivity index (χ1) is 12.1. The Morgan fingerprint density at radius 1 is 1.24 bits per heavy atom. The van der Waals surface area contributed by atoms with Crippen LogP contribution in [0.4, 0.5) is 5.69 Å². The van der Waals surface area contributed by atoms with Crippen LogP contribution in [0.3, 0.4) is 0 Å². The summed E-state index contributed by atoms with van der Waals surface area (Å²) >= 11 is 0. The Hall–Kier alpha value is -2.95. The van der Waals surface area contributed by atoms with Crippen LogP contribution in [0.1, 0.15) is 38.3 Å². The molecule has 130 valence electrons. The van der Waals surface area contributed by atoms with Gasteiger partial charge >= 0.3 is 0 Å². The quantitative estimate of drug-likeness (QED) is 0.578. The van der Waals surface area contributed by atoms with Gasteiger partial charge in [-0.05, 0) is 44.9 Å². The molecule has 0 aliphatic heterocycles. The second-order valence-corrected chi connectivity index (χ2v) is 5.66. The number of hydrogen-bond acceptors (Lipinski definition) is 3. The van der Waals surface area contributed by atoms with Gasteiger partial charge in [0.15, 0.2) is 5.84 Å². The fourth-order valence-electron chi connectivity index (χ4n) is 2.17. The van der Waals surface area contributed by atoms with E-state index in [-0.39, 0.29) is 0 Å². The lowest BCUT2D eigenvalue weighted by atomic mass is 10.1. The maximum Gasteiger partial charge on any atom is 0.151 e. The monoisotopic (exact) mass is 335 g/mol. The van der Waals surface area contributed by atoms with Gasteiger partial charge in [-0.15, -0.1) is 0 Å². The number of aryl methyl sites for hydroxylation is 1. The highest BCUT2D eigenvalue weighted by Gasteiger charge is 2.05. The number of amidine groups is 1. The first-order valence-electron chi connectivity index (χ1n) is 8.39. The lowest BCUT2D eigenvalue weighted by Crippen LogP contribution is -2.20.